The molecule has 4 rings (SSSR count). The summed E-state index contributed by atoms with van der Waals surface area (Å²) in [5, 5.41) is 13.2. The Balaban J connectivity index is 1.60. The average Bonchev–Trinajstić information content (AvgIpc) is 3.19. The van der Waals surface area contributed by atoms with Gasteiger partial charge in [0.1, 0.15) is 5.75 Å². The molecule has 0 saturated carbocycles. The van der Waals surface area contributed by atoms with Gasteiger partial charge in [0.25, 0.3) is 0 Å². The molecule has 4 heteroatoms. The van der Waals surface area contributed by atoms with Gasteiger partial charge in [-0.15, -0.1) is 0 Å². The molecule has 2 fully saturated rings. The maximum Gasteiger partial charge on any atom is 0.118 e. The minimum Gasteiger partial charge on any atom is -0.508 e. The summed E-state index contributed by atoms with van der Waals surface area (Å²) >= 11 is 0. The van der Waals surface area contributed by atoms with Crippen molar-refractivity contribution in [1.29, 1.82) is 0 Å². The fourth-order valence-corrected chi connectivity index (χ4v) is 4.32. The van der Waals surface area contributed by atoms with Gasteiger partial charge in [-0.2, -0.15) is 0 Å². The van der Waals surface area contributed by atoms with Gasteiger partial charge in [-0.25, -0.2) is 0 Å². The monoisotopic (exact) mass is 336 g/mol. The molecule has 1 aromatic heterocycles. The Kier molecular flexibility index (Phi) is 4.00. The van der Waals surface area contributed by atoms with Gasteiger partial charge in [0.05, 0.1) is 12.2 Å². The van der Waals surface area contributed by atoms with Crippen molar-refractivity contribution in [2.45, 2.75) is 44.8 Å². The summed E-state index contributed by atoms with van der Waals surface area (Å²) < 4.78 is 6.23. The molecule has 4 atom stereocenters. The third kappa shape index (κ3) is 2.91. The second kappa shape index (κ2) is 6.19. The Labute approximate surface area is 148 Å². The number of hydrogen-bond donors (Lipinski definition) is 2. The largest absolute Gasteiger partial charge is 0.508 e. The molecule has 2 aliphatic rings. The second-order valence-electron chi connectivity index (χ2n) is 7.22. The third-order valence-electron chi connectivity index (χ3n) is 5.48. The number of benzene rings is 1. The molecule has 2 bridgehead atoms. The highest BCUT2D eigenvalue weighted by Crippen LogP contribution is 2.51. The van der Waals surface area contributed by atoms with Crippen LogP contribution in [0.1, 0.15) is 35.6 Å². The van der Waals surface area contributed by atoms with E-state index in [-0.39, 0.29) is 18.1 Å². The lowest BCUT2D eigenvalue weighted by atomic mass is 9.74. The van der Waals surface area contributed by atoms with E-state index in [4.69, 9.17) is 4.74 Å². The smallest absolute Gasteiger partial charge is 0.118 e. The summed E-state index contributed by atoms with van der Waals surface area (Å²) in [6.45, 7) is 8.25. The van der Waals surface area contributed by atoms with Gasteiger partial charge >= 0.3 is 0 Å². The number of nitrogens with one attached hydrogen (secondary N) is 1. The Hall–Kier alpha value is -2.33. The first-order valence-electron chi connectivity index (χ1n) is 8.86. The molecular weight excluding hydrogens is 312 g/mol. The molecule has 0 radical (unpaired) electrons. The van der Waals surface area contributed by atoms with Crippen LogP contribution < -0.4 is 5.32 Å². The van der Waals surface area contributed by atoms with Crippen LogP contribution in [-0.2, 0) is 4.74 Å². The highest BCUT2D eigenvalue weighted by atomic mass is 16.5. The number of pyridine rings is 1. The fraction of sp³-hybridized carbons (Fsp3) is 0.381. The first-order chi connectivity index (χ1) is 12.0. The van der Waals surface area contributed by atoms with Gasteiger partial charge in [-0.3, -0.25) is 4.98 Å². The summed E-state index contributed by atoms with van der Waals surface area (Å²) in [6.07, 6.45) is 4.57. The van der Waals surface area contributed by atoms with Crippen molar-refractivity contribution >= 4 is 5.69 Å². The van der Waals surface area contributed by atoms with E-state index < -0.39 is 0 Å². The molecule has 0 aliphatic carbocycles. The Bertz CT molecular complexity index is 817. The van der Waals surface area contributed by atoms with E-state index in [1.165, 1.54) is 5.56 Å². The quantitative estimate of drug-likeness (QED) is 0.818. The number of anilines is 1. The lowest BCUT2D eigenvalue weighted by Crippen LogP contribution is -2.29. The van der Waals surface area contributed by atoms with Crippen LogP contribution in [0.2, 0.25) is 0 Å². The summed E-state index contributed by atoms with van der Waals surface area (Å²) in [7, 11) is 0. The summed E-state index contributed by atoms with van der Waals surface area (Å²) in [4.78, 5) is 4.33. The molecule has 2 aromatic rings. The van der Waals surface area contributed by atoms with Gasteiger partial charge in [-0.1, -0.05) is 6.58 Å². The van der Waals surface area contributed by atoms with E-state index in [2.05, 4.69) is 29.0 Å². The number of phenols is 1. The topological polar surface area (TPSA) is 54.4 Å². The van der Waals surface area contributed by atoms with Gasteiger partial charge in [-0.05, 0) is 68.1 Å². The molecule has 4 unspecified atom stereocenters. The molecule has 3 heterocycles. The molecule has 1 aromatic carbocycles. The highest BCUT2D eigenvalue weighted by molar-refractivity contribution is 5.54. The van der Waals surface area contributed by atoms with Crippen molar-refractivity contribution < 1.29 is 9.84 Å². The van der Waals surface area contributed by atoms with Crippen LogP contribution in [0.25, 0.3) is 0 Å². The number of fused-ring (bicyclic) bond motifs is 2. The van der Waals surface area contributed by atoms with Crippen LogP contribution in [-0.4, -0.2) is 22.3 Å². The van der Waals surface area contributed by atoms with Gasteiger partial charge in [0.2, 0.25) is 0 Å². The normalized spacial score (nSPS) is 27.4. The van der Waals surface area contributed by atoms with E-state index in [9.17, 15) is 5.11 Å². The molecule has 2 saturated heterocycles. The van der Waals surface area contributed by atoms with E-state index in [0.717, 1.165) is 35.5 Å². The zero-order valence-electron chi connectivity index (χ0n) is 14.7. The number of rotatable bonds is 4. The van der Waals surface area contributed by atoms with Crippen molar-refractivity contribution in [3.63, 3.8) is 0 Å². The number of nitrogens with zero attached hydrogens (tertiary/aromatic N) is 1. The molecule has 25 heavy (non-hydrogen) atoms. The number of phenolic OH excluding ortho intramolecular Hbond substituents is 1. The van der Waals surface area contributed by atoms with E-state index in [1.54, 1.807) is 6.07 Å². The molecule has 2 aliphatic heterocycles. The minimum absolute atomic E-state index is 0.224. The summed E-state index contributed by atoms with van der Waals surface area (Å²) in [6, 6.07) is 9.81. The SMILES string of the molecule is C=C(Nc1ccc(O)c(C)c1)C1C2CCC(O2)C1c1ccnc(C)c1. The maximum atomic E-state index is 9.72. The zero-order valence-corrected chi connectivity index (χ0v) is 14.7. The van der Waals surface area contributed by atoms with Crippen molar-refractivity contribution in [3.8, 4) is 5.75 Å². The van der Waals surface area contributed by atoms with Crippen molar-refractivity contribution in [3.05, 3.63) is 65.6 Å². The lowest BCUT2D eigenvalue weighted by molar-refractivity contribution is 0.0944. The third-order valence-corrected chi connectivity index (χ3v) is 5.48. The number of ether oxygens (including phenoxy) is 1. The molecular formula is C21H24N2O2. The molecule has 0 amide bonds. The van der Waals surface area contributed by atoms with Gasteiger partial charge in [0, 0.05) is 35.1 Å². The fourth-order valence-electron chi connectivity index (χ4n) is 4.32. The predicted molar refractivity (Wildman–Crippen MR) is 98.7 cm³/mol. The van der Waals surface area contributed by atoms with Crippen LogP contribution in [0.15, 0.2) is 48.8 Å². The van der Waals surface area contributed by atoms with Crippen molar-refractivity contribution in [2.24, 2.45) is 5.92 Å². The average molecular weight is 336 g/mol. The van der Waals surface area contributed by atoms with Crippen LogP contribution in [0.5, 0.6) is 5.75 Å². The lowest BCUT2D eigenvalue weighted by Gasteiger charge is -2.30. The molecule has 4 nitrogen and oxygen atoms in total. The predicted octanol–water partition coefficient (Wildman–Crippen LogP) is 4.29. The number of hydrogen-bond acceptors (Lipinski definition) is 4. The summed E-state index contributed by atoms with van der Waals surface area (Å²) in [5.41, 5.74) is 5.11. The first-order valence-corrected chi connectivity index (χ1v) is 8.86. The van der Waals surface area contributed by atoms with Crippen LogP contribution in [0.4, 0.5) is 5.69 Å². The Morgan fingerprint density at radius 3 is 2.76 bits per heavy atom. The molecule has 0 spiro atoms. The van der Waals surface area contributed by atoms with Crippen LogP contribution in [0.3, 0.4) is 0 Å². The standard InChI is InChI=1S/C21H24N2O2/c1-12-10-16(4-5-17(12)24)23-14(3)20-18-6-7-19(25-18)21(20)15-8-9-22-13(2)11-15/h4-5,8-11,18-21,23-24H,3,6-7H2,1-2H3. The Morgan fingerprint density at radius 2 is 2.00 bits per heavy atom. The number of aryl methyl sites for hydroxylation is 2. The van der Waals surface area contributed by atoms with E-state index >= 15 is 0 Å². The zero-order chi connectivity index (χ0) is 17.6. The molecule has 2 N–H and O–H groups in total. The van der Waals surface area contributed by atoms with E-state index in [0.29, 0.717) is 11.7 Å². The van der Waals surface area contributed by atoms with Crippen LogP contribution in [0, 0.1) is 19.8 Å². The summed E-state index contributed by atoms with van der Waals surface area (Å²) in [5.74, 6) is 0.873. The highest BCUT2D eigenvalue weighted by Gasteiger charge is 2.50. The van der Waals surface area contributed by atoms with Crippen molar-refractivity contribution in [1.82, 2.24) is 4.98 Å². The Morgan fingerprint density at radius 1 is 1.20 bits per heavy atom. The van der Waals surface area contributed by atoms with E-state index in [1.807, 2.05) is 32.2 Å². The number of aromatic nitrogens is 1. The van der Waals surface area contributed by atoms with Crippen molar-refractivity contribution in [2.75, 3.05) is 5.32 Å². The second-order valence-corrected chi connectivity index (χ2v) is 7.22. The number of aromatic hydroxyl groups is 1. The van der Waals surface area contributed by atoms with Gasteiger partial charge < -0.3 is 15.2 Å². The first kappa shape index (κ1) is 16.2. The minimum atomic E-state index is 0.224. The van der Waals surface area contributed by atoms with Gasteiger partial charge in [0.15, 0.2) is 0 Å². The van der Waals surface area contributed by atoms with Crippen LogP contribution >= 0.6 is 0 Å². The maximum absolute atomic E-state index is 9.72. The molecule has 130 valence electrons.